The molecule has 110 valence electrons. The number of carbonyl (C=O) groups is 1. The zero-order valence-electron chi connectivity index (χ0n) is 12.2. The van der Waals surface area contributed by atoms with E-state index in [1.165, 1.54) is 17.0 Å². The van der Waals surface area contributed by atoms with Crippen molar-refractivity contribution in [3.05, 3.63) is 35.4 Å². The van der Waals surface area contributed by atoms with E-state index in [0.29, 0.717) is 18.4 Å². The second-order valence-electron chi connectivity index (χ2n) is 6.23. The van der Waals surface area contributed by atoms with Crippen LogP contribution in [0.15, 0.2) is 18.2 Å². The summed E-state index contributed by atoms with van der Waals surface area (Å²) < 4.78 is 32.0. The molecule has 3 nitrogen and oxygen atoms in total. The Hall–Kier alpha value is -1.65. The fraction of sp³-hybridized carbons (Fsp3) is 0.533. The minimum Gasteiger partial charge on any atom is -0.444 e. The number of carbonyl (C=O) groups excluding carboxylic acids is 1. The standard InChI is InChI=1S/C15H19F2NO2/c1-14(2,3)20-13(19)18(4)15(5-6-15)10-7-11(16)9-12(17)8-10/h7-9H,5-6H2,1-4H3. The molecule has 0 atom stereocenters. The Bertz CT molecular complexity index is 513. The van der Waals surface area contributed by atoms with Crippen molar-refractivity contribution in [3.8, 4) is 0 Å². The van der Waals surface area contributed by atoms with Gasteiger partial charge in [-0.25, -0.2) is 13.6 Å². The van der Waals surface area contributed by atoms with Crippen LogP contribution in [0.25, 0.3) is 0 Å². The Balaban J connectivity index is 2.24. The first kappa shape index (κ1) is 14.8. The molecule has 0 heterocycles. The zero-order valence-corrected chi connectivity index (χ0v) is 12.2. The van der Waals surface area contributed by atoms with E-state index in [1.807, 2.05) is 0 Å². The molecule has 0 radical (unpaired) electrons. The highest BCUT2D eigenvalue weighted by molar-refractivity contribution is 5.70. The summed E-state index contributed by atoms with van der Waals surface area (Å²) in [6.07, 6.45) is 0.858. The van der Waals surface area contributed by atoms with Crippen LogP contribution in [0.4, 0.5) is 13.6 Å². The Morgan fingerprint density at radius 1 is 1.20 bits per heavy atom. The minimum atomic E-state index is -0.648. The lowest BCUT2D eigenvalue weighted by Crippen LogP contribution is -2.41. The topological polar surface area (TPSA) is 29.5 Å². The van der Waals surface area contributed by atoms with Crippen molar-refractivity contribution in [2.24, 2.45) is 0 Å². The van der Waals surface area contributed by atoms with E-state index in [1.54, 1.807) is 27.8 Å². The van der Waals surface area contributed by atoms with Crippen LogP contribution in [0.2, 0.25) is 0 Å². The van der Waals surface area contributed by atoms with Gasteiger partial charge in [0.1, 0.15) is 17.2 Å². The molecule has 0 saturated heterocycles. The molecule has 1 aliphatic carbocycles. The van der Waals surface area contributed by atoms with E-state index in [2.05, 4.69) is 0 Å². The van der Waals surface area contributed by atoms with E-state index in [4.69, 9.17) is 4.74 Å². The van der Waals surface area contributed by atoms with Gasteiger partial charge in [0.05, 0.1) is 5.54 Å². The second-order valence-corrected chi connectivity index (χ2v) is 6.23. The molecular weight excluding hydrogens is 264 g/mol. The average Bonchev–Trinajstić information content (AvgIpc) is 3.05. The van der Waals surface area contributed by atoms with Crippen LogP contribution in [0.3, 0.4) is 0 Å². The van der Waals surface area contributed by atoms with Crippen LogP contribution in [-0.4, -0.2) is 23.6 Å². The van der Waals surface area contributed by atoms with Crippen LogP contribution in [0.5, 0.6) is 0 Å². The van der Waals surface area contributed by atoms with Crippen LogP contribution in [0.1, 0.15) is 39.2 Å². The van der Waals surface area contributed by atoms with Gasteiger partial charge in [0.25, 0.3) is 0 Å². The van der Waals surface area contributed by atoms with Gasteiger partial charge in [-0.05, 0) is 51.3 Å². The van der Waals surface area contributed by atoms with Gasteiger partial charge in [-0.1, -0.05) is 0 Å². The maximum absolute atomic E-state index is 13.3. The number of nitrogens with zero attached hydrogens (tertiary/aromatic N) is 1. The smallest absolute Gasteiger partial charge is 0.410 e. The normalized spacial score (nSPS) is 16.7. The van der Waals surface area contributed by atoms with Gasteiger partial charge in [0.2, 0.25) is 0 Å². The lowest BCUT2D eigenvalue weighted by Gasteiger charge is -2.31. The molecule has 1 saturated carbocycles. The third-order valence-corrected chi connectivity index (χ3v) is 3.43. The summed E-state index contributed by atoms with van der Waals surface area (Å²) in [5.41, 5.74) is -0.775. The Morgan fingerprint density at radius 2 is 1.70 bits per heavy atom. The fourth-order valence-electron chi connectivity index (χ4n) is 2.26. The number of ether oxygens (including phenoxy) is 1. The van der Waals surface area contributed by atoms with E-state index in [-0.39, 0.29) is 0 Å². The monoisotopic (exact) mass is 283 g/mol. The molecule has 0 aliphatic heterocycles. The summed E-state index contributed by atoms with van der Waals surface area (Å²) in [5, 5.41) is 0. The fourth-order valence-corrected chi connectivity index (χ4v) is 2.26. The number of hydrogen-bond acceptors (Lipinski definition) is 2. The summed E-state index contributed by atoms with van der Waals surface area (Å²) in [7, 11) is 1.60. The molecule has 1 fully saturated rings. The SMILES string of the molecule is CN(C(=O)OC(C)(C)C)C1(c2cc(F)cc(F)c2)CC1. The van der Waals surface area contributed by atoms with Crippen molar-refractivity contribution < 1.29 is 18.3 Å². The molecule has 1 aromatic rings. The lowest BCUT2D eigenvalue weighted by atomic mass is 10.0. The van der Waals surface area contributed by atoms with Crippen LogP contribution >= 0.6 is 0 Å². The Labute approximate surface area is 117 Å². The first-order chi connectivity index (χ1) is 9.14. The third kappa shape index (κ3) is 2.92. The van der Waals surface area contributed by atoms with Crippen LogP contribution < -0.4 is 0 Å². The molecule has 1 aliphatic rings. The number of benzene rings is 1. The van der Waals surface area contributed by atoms with Gasteiger partial charge < -0.3 is 9.64 Å². The molecule has 2 rings (SSSR count). The quantitative estimate of drug-likeness (QED) is 0.825. The number of amides is 1. The van der Waals surface area contributed by atoms with Gasteiger partial charge in [-0.15, -0.1) is 0 Å². The van der Waals surface area contributed by atoms with Crippen molar-refractivity contribution in [3.63, 3.8) is 0 Å². The Kier molecular flexibility index (Phi) is 3.48. The van der Waals surface area contributed by atoms with Gasteiger partial charge in [0.15, 0.2) is 0 Å². The van der Waals surface area contributed by atoms with E-state index in [0.717, 1.165) is 6.07 Å². The molecule has 20 heavy (non-hydrogen) atoms. The molecule has 0 spiro atoms. The zero-order chi connectivity index (χ0) is 15.1. The van der Waals surface area contributed by atoms with Crippen molar-refractivity contribution >= 4 is 6.09 Å². The predicted molar refractivity (Wildman–Crippen MR) is 71.3 cm³/mol. The van der Waals surface area contributed by atoms with E-state index < -0.39 is 28.9 Å². The predicted octanol–water partition coefficient (Wildman–Crippen LogP) is 3.82. The molecule has 1 aromatic carbocycles. The lowest BCUT2D eigenvalue weighted by molar-refractivity contribution is 0.0189. The van der Waals surface area contributed by atoms with Crippen LogP contribution in [-0.2, 0) is 10.3 Å². The largest absolute Gasteiger partial charge is 0.444 e. The first-order valence-corrected chi connectivity index (χ1v) is 6.57. The molecule has 0 unspecified atom stereocenters. The van der Waals surface area contributed by atoms with Crippen LogP contribution in [0, 0.1) is 11.6 Å². The first-order valence-electron chi connectivity index (χ1n) is 6.57. The average molecular weight is 283 g/mol. The van der Waals surface area contributed by atoms with E-state index in [9.17, 15) is 13.6 Å². The van der Waals surface area contributed by atoms with Crippen molar-refractivity contribution in [2.75, 3.05) is 7.05 Å². The second kappa shape index (κ2) is 4.72. The molecule has 5 heteroatoms. The molecule has 0 bridgehead atoms. The third-order valence-electron chi connectivity index (χ3n) is 3.43. The van der Waals surface area contributed by atoms with Crippen molar-refractivity contribution in [2.45, 2.75) is 44.8 Å². The molecule has 1 amide bonds. The highest BCUT2D eigenvalue weighted by atomic mass is 19.1. The summed E-state index contributed by atoms with van der Waals surface area (Å²) >= 11 is 0. The summed E-state index contributed by atoms with van der Waals surface area (Å²) in [4.78, 5) is 13.5. The molecular formula is C15H19F2NO2. The van der Waals surface area contributed by atoms with E-state index >= 15 is 0 Å². The number of rotatable bonds is 2. The highest BCUT2D eigenvalue weighted by Crippen LogP contribution is 2.51. The summed E-state index contributed by atoms with van der Waals surface area (Å²) in [6.45, 7) is 5.33. The molecule has 0 aromatic heterocycles. The summed E-state index contributed by atoms with van der Waals surface area (Å²) in [5.74, 6) is -1.27. The van der Waals surface area contributed by atoms with Gasteiger partial charge in [0, 0.05) is 13.1 Å². The van der Waals surface area contributed by atoms with Gasteiger partial charge >= 0.3 is 6.09 Å². The van der Waals surface area contributed by atoms with Crippen molar-refractivity contribution in [1.29, 1.82) is 0 Å². The minimum absolute atomic E-state index is 0.475. The van der Waals surface area contributed by atoms with Gasteiger partial charge in [-0.3, -0.25) is 0 Å². The number of halogens is 2. The Morgan fingerprint density at radius 3 is 2.10 bits per heavy atom. The summed E-state index contributed by atoms with van der Waals surface area (Å²) in [6, 6.07) is 3.38. The highest BCUT2D eigenvalue weighted by Gasteiger charge is 2.51. The number of hydrogen-bond donors (Lipinski definition) is 0. The maximum Gasteiger partial charge on any atom is 0.410 e. The van der Waals surface area contributed by atoms with Gasteiger partial charge in [-0.2, -0.15) is 0 Å². The molecule has 0 N–H and O–H groups in total. The van der Waals surface area contributed by atoms with Crippen molar-refractivity contribution in [1.82, 2.24) is 4.90 Å². The maximum atomic E-state index is 13.3.